The molecule has 0 bridgehead atoms. The lowest BCUT2D eigenvalue weighted by molar-refractivity contribution is -0.213. The Labute approximate surface area is 87.3 Å². The molecule has 0 aliphatic carbocycles. The average molecular weight is 198 g/mol. The van der Waals surface area contributed by atoms with Crippen molar-refractivity contribution in [3.05, 3.63) is 12.2 Å². The Balaban J connectivity index is 2.21. The van der Waals surface area contributed by atoms with Gasteiger partial charge in [0, 0.05) is 0 Å². The number of hydrogen-bond acceptors (Lipinski definition) is 2. The third kappa shape index (κ3) is 4.25. The molecular formula is C12H22O2. The Morgan fingerprint density at radius 3 is 2.86 bits per heavy atom. The fourth-order valence-corrected chi connectivity index (χ4v) is 1.63. The van der Waals surface area contributed by atoms with E-state index in [1.54, 1.807) is 0 Å². The number of allylic oxidation sites excluding steroid dienone is 1. The lowest BCUT2D eigenvalue weighted by Crippen LogP contribution is -2.31. The first-order chi connectivity index (χ1) is 6.86. The maximum Gasteiger partial charge on any atom is 0.157 e. The van der Waals surface area contributed by atoms with E-state index in [1.165, 1.54) is 0 Å². The molecule has 0 aromatic rings. The van der Waals surface area contributed by atoms with E-state index in [0.29, 0.717) is 6.10 Å². The van der Waals surface area contributed by atoms with Crippen LogP contribution in [-0.2, 0) is 9.47 Å². The Kier molecular flexibility index (Phi) is 5.88. The molecule has 2 atom stereocenters. The monoisotopic (exact) mass is 198 g/mol. The summed E-state index contributed by atoms with van der Waals surface area (Å²) in [5.41, 5.74) is 0. The predicted molar refractivity (Wildman–Crippen MR) is 58.2 cm³/mol. The molecule has 0 radical (unpaired) electrons. The van der Waals surface area contributed by atoms with Gasteiger partial charge in [-0.25, -0.2) is 0 Å². The van der Waals surface area contributed by atoms with E-state index in [0.717, 1.165) is 38.7 Å². The van der Waals surface area contributed by atoms with E-state index >= 15 is 0 Å². The minimum atomic E-state index is 0.0498. The van der Waals surface area contributed by atoms with E-state index < -0.39 is 0 Å². The molecule has 0 amide bonds. The molecule has 0 aromatic carbocycles. The number of rotatable bonds is 5. The zero-order valence-electron chi connectivity index (χ0n) is 9.37. The van der Waals surface area contributed by atoms with Crippen molar-refractivity contribution in [1.82, 2.24) is 0 Å². The first kappa shape index (κ1) is 11.7. The fourth-order valence-electron chi connectivity index (χ4n) is 1.63. The van der Waals surface area contributed by atoms with Gasteiger partial charge in [0.15, 0.2) is 6.29 Å². The molecule has 0 saturated carbocycles. The molecule has 1 saturated heterocycles. The lowest BCUT2D eigenvalue weighted by Gasteiger charge is -2.29. The highest BCUT2D eigenvalue weighted by Gasteiger charge is 2.20. The van der Waals surface area contributed by atoms with Crippen molar-refractivity contribution >= 4 is 0 Å². The Morgan fingerprint density at radius 1 is 1.29 bits per heavy atom. The van der Waals surface area contributed by atoms with Crippen molar-refractivity contribution < 1.29 is 9.47 Å². The molecule has 1 fully saturated rings. The summed E-state index contributed by atoms with van der Waals surface area (Å²) < 4.78 is 11.3. The molecule has 0 aromatic heterocycles. The van der Waals surface area contributed by atoms with Crippen LogP contribution in [-0.4, -0.2) is 19.0 Å². The standard InChI is InChI=1S/C12H22O2/c1-3-5-6-8-11-9-10-13-12(14-11)7-4-2/h5-6,11-12H,3-4,7-10H2,1-2H3. The molecule has 0 N–H and O–H groups in total. The quantitative estimate of drug-likeness (QED) is 0.631. The molecule has 82 valence electrons. The second-order valence-electron chi connectivity index (χ2n) is 3.75. The zero-order chi connectivity index (χ0) is 10.2. The van der Waals surface area contributed by atoms with Crippen LogP contribution >= 0.6 is 0 Å². The molecule has 1 aliphatic heterocycles. The largest absolute Gasteiger partial charge is 0.353 e. The maximum absolute atomic E-state index is 5.80. The third-order valence-electron chi connectivity index (χ3n) is 2.41. The molecule has 14 heavy (non-hydrogen) atoms. The molecular weight excluding hydrogens is 176 g/mol. The first-order valence-corrected chi connectivity index (χ1v) is 5.78. The molecule has 2 unspecified atom stereocenters. The second kappa shape index (κ2) is 7.02. The van der Waals surface area contributed by atoms with E-state index in [9.17, 15) is 0 Å². The second-order valence-corrected chi connectivity index (χ2v) is 3.75. The van der Waals surface area contributed by atoms with Gasteiger partial charge in [-0.1, -0.05) is 32.4 Å². The van der Waals surface area contributed by atoms with E-state index in [4.69, 9.17) is 9.47 Å². The average Bonchev–Trinajstić information content (AvgIpc) is 2.19. The summed E-state index contributed by atoms with van der Waals surface area (Å²) in [5.74, 6) is 0. The summed E-state index contributed by atoms with van der Waals surface area (Å²) in [7, 11) is 0. The normalized spacial score (nSPS) is 28.4. The van der Waals surface area contributed by atoms with Crippen molar-refractivity contribution in [2.75, 3.05) is 6.61 Å². The van der Waals surface area contributed by atoms with Gasteiger partial charge in [0.2, 0.25) is 0 Å². The number of ether oxygens (including phenoxy) is 2. The minimum absolute atomic E-state index is 0.0498. The van der Waals surface area contributed by atoms with Crippen LogP contribution < -0.4 is 0 Å². The molecule has 1 aliphatic rings. The van der Waals surface area contributed by atoms with Crippen molar-refractivity contribution in [1.29, 1.82) is 0 Å². The summed E-state index contributed by atoms with van der Waals surface area (Å²) in [5, 5.41) is 0. The third-order valence-corrected chi connectivity index (χ3v) is 2.41. The van der Waals surface area contributed by atoms with Gasteiger partial charge < -0.3 is 9.47 Å². The molecule has 0 spiro atoms. The fraction of sp³-hybridized carbons (Fsp3) is 0.833. The van der Waals surface area contributed by atoms with Gasteiger partial charge in [0.05, 0.1) is 12.7 Å². The van der Waals surface area contributed by atoms with Gasteiger partial charge in [0.25, 0.3) is 0 Å². The summed E-state index contributed by atoms with van der Waals surface area (Å²) >= 11 is 0. The van der Waals surface area contributed by atoms with Crippen LogP contribution in [0.3, 0.4) is 0 Å². The smallest absolute Gasteiger partial charge is 0.157 e. The highest BCUT2D eigenvalue weighted by atomic mass is 16.7. The topological polar surface area (TPSA) is 18.5 Å². The van der Waals surface area contributed by atoms with E-state index in [-0.39, 0.29) is 6.29 Å². The minimum Gasteiger partial charge on any atom is -0.353 e. The highest BCUT2D eigenvalue weighted by Crippen LogP contribution is 2.18. The zero-order valence-corrected chi connectivity index (χ0v) is 9.37. The van der Waals surface area contributed by atoms with E-state index in [1.807, 2.05) is 0 Å². The van der Waals surface area contributed by atoms with Crippen molar-refractivity contribution in [2.45, 2.75) is 58.3 Å². The molecule has 1 rings (SSSR count). The number of hydrogen-bond donors (Lipinski definition) is 0. The van der Waals surface area contributed by atoms with Gasteiger partial charge in [0.1, 0.15) is 0 Å². The van der Waals surface area contributed by atoms with Crippen LogP contribution in [0.4, 0.5) is 0 Å². The summed E-state index contributed by atoms with van der Waals surface area (Å²) in [4.78, 5) is 0. The van der Waals surface area contributed by atoms with Crippen molar-refractivity contribution in [3.8, 4) is 0 Å². The Hall–Kier alpha value is -0.340. The van der Waals surface area contributed by atoms with Gasteiger partial charge >= 0.3 is 0 Å². The van der Waals surface area contributed by atoms with Crippen LogP contribution in [0.2, 0.25) is 0 Å². The van der Waals surface area contributed by atoms with Crippen LogP contribution in [0.1, 0.15) is 46.0 Å². The Bertz CT molecular complexity index is 164. The Morgan fingerprint density at radius 2 is 2.14 bits per heavy atom. The maximum atomic E-state index is 5.80. The summed E-state index contributed by atoms with van der Waals surface area (Å²) in [6, 6.07) is 0. The van der Waals surface area contributed by atoms with Crippen LogP contribution in [0.5, 0.6) is 0 Å². The molecule has 2 nitrogen and oxygen atoms in total. The summed E-state index contributed by atoms with van der Waals surface area (Å²) in [6.45, 7) is 5.17. The molecule has 2 heteroatoms. The first-order valence-electron chi connectivity index (χ1n) is 5.78. The van der Waals surface area contributed by atoms with Crippen LogP contribution in [0, 0.1) is 0 Å². The van der Waals surface area contributed by atoms with Gasteiger partial charge in [-0.15, -0.1) is 0 Å². The highest BCUT2D eigenvalue weighted by molar-refractivity contribution is 4.84. The van der Waals surface area contributed by atoms with Gasteiger partial charge in [-0.2, -0.15) is 0 Å². The lowest BCUT2D eigenvalue weighted by atomic mass is 10.1. The van der Waals surface area contributed by atoms with E-state index in [2.05, 4.69) is 26.0 Å². The van der Waals surface area contributed by atoms with Gasteiger partial charge in [-0.05, 0) is 25.7 Å². The van der Waals surface area contributed by atoms with Gasteiger partial charge in [-0.3, -0.25) is 0 Å². The van der Waals surface area contributed by atoms with Crippen LogP contribution in [0.25, 0.3) is 0 Å². The summed E-state index contributed by atoms with van der Waals surface area (Å²) in [6.07, 6.45) is 10.2. The SMILES string of the molecule is CCC=CCC1CCOC(CCC)O1. The molecule has 1 heterocycles. The predicted octanol–water partition coefficient (Wildman–Crippen LogP) is 3.27. The van der Waals surface area contributed by atoms with Crippen molar-refractivity contribution in [2.24, 2.45) is 0 Å². The van der Waals surface area contributed by atoms with Crippen molar-refractivity contribution in [3.63, 3.8) is 0 Å². The van der Waals surface area contributed by atoms with Crippen LogP contribution in [0.15, 0.2) is 12.2 Å².